The molecule has 0 amide bonds. The molecule has 1 N–H and O–H groups in total. The molecule has 1 unspecified atom stereocenters. The van der Waals surface area contributed by atoms with Crippen LogP contribution in [-0.2, 0) is 6.54 Å². The Bertz CT molecular complexity index is 341. The summed E-state index contributed by atoms with van der Waals surface area (Å²) in [4.78, 5) is 0. The normalized spacial score (nSPS) is 34.9. The van der Waals surface area contributed by atoms with Crippen LogP contribution in [0.1, 0.15) is 25.3 Å². The van der Waals surface area contributed by atoms with Gasteiger partial charge in [0, 0.05) is 12.0 Å². The van der Waals surface area contributed by atoms with Gasteiger partial charge in [0.15, 0.2) is 0 Å². The van der Waals surface area contributed by atoms with E-state index < -0.39 is 6.10 Å². The van der Waals surface area contributed by atoms with Crippen molar-refractivity contribution in [3.8, 4) is 0 Å². The fourth-order valence-corrected chi connectivity index (χ4v) is 2.41. The first-order valence-corrected chi connectivity index (χ1v) is 5.90. The zero-order chi connectivity index (χ0) is 11.6. The van der Waals surface area contributed by atoms with E-state index in [9.17, 15) is 10.3 Å². The number of rotatable bonds is 2. The molecule has 3 heteroatoms. The SMILES string of the molecule is C[C@H]1CC[C@H](O)C[N+]1([O-])Cc1ccccc1. The van der Waals surface area contributed by atoms with Gasteiger partial charge in [0.1, 0.15) is 19.2 Å². The molecule has 0 saturated carbocycles. The van der Waals surface area contributed by atoms with Gasteiger partial charge in [-0.25, -0.2) is 0 Å². The summed E-state index contributed by atoms with van der Waals surface area (Å²) in [6, 6.07) is 9.90. The molecule has 2 rings (SSSR count). The van der Waals surface area contributed by atoms with Crippen molar-refractivity contribution >= 4 is 0 Å². The van der Waals surface area contributed by atoms with E-state index in [0.29, 0.717) is 13.1 Å². The fraction of sp³-hybridized carbons (Fsp3) is 0.538. The molecule has 0 bridgehead atoms. The zero-order valence-corrected chi connectivity index (χ0v) is 9.67. The van der Waals surface area contributed by atoms with Gasteiger partial charge < -0.3 is 15.0 Å². The molecule has 0 spiro atoms. The third-order valence-electron chi connectivity index (χ3n) is 3.53. The van der Waals surface area contributed by atoms with Crippen LogP contribution in [0.5, 0.6) is 0 Å². The first-order valence-electron chi connectivity index (χ1n) is 5.90. The quantitative estimate of drug-likeness (QED) is 0.613. The summed E-state index contributed by atoms with van der Waals surface area (Å²) in [6.07, 6.45) is 1.15. The highest BCUT2D eigenvalue weighted by atomic mass is 16.5. The minimum absolute atomic E-state index is 0.0867. The van der Waals surface area contributed by atoms with Gasteiger partial charge in [-0.3, -0.25) is 0 Å². The molecule has 0 radical (unpaired) electrons. The van der Waals surface area contributed by atoms with Crippen molar-refractivity contribution in [2.24, 2.45) is 0 Å². The first kappa shape index (κ1) is 11.6. The summed E-state index contributed by atoms with van der Waals surface area (Å²) in [5.41, 5.74) is 1.05. The average Bonchev–Trinajstić information content (AvgIpc) is 2.25. The molecule has 1 fully saturated rings. The van der Waals surface area contributed by atoms with Crippen LogP contribution < -0.4 is 0 Å². The van der Waals surface area contributed by atoms with Crippen molar-refractivity contribution in [1.29, 1.82) is 0 Å². The number of aliphatic hydroxyl groups is 1. The van der Waals surface area contributed by atoms with E-state index in [1.165, 1.54) is 0 Å². The lowest BCUT2D eigenvalue weighted by molar-refractivity contribution is -0.924. The first-order chi connectivity index (χ1) is 7.60. The van der Waals surface area contributed by atoms with Crippen LogP contribution in [0.2, 0.25) is 0 Å². The Morgan fingerprint density at radius 3 is 2.69 bits per heavy atom. The summed E-state index contributed by atoms with van der Waals surface area (Å²) in [5, 5.41) is 22.2. The Balaban J connectivity index is 2.12. The van der Waals surface area contributed by atoms with E-state index >= 15 is 0 Å². The molecule has 1 aromatic rings. The van der Waals surface area contributed by atoms with Gasteiger partial charge in [-0.2, -0.15) is 0 Å². The van der Waals surface area contributed by atoms with Crippen LogP contribution in [-0.4, -0.2) is 28.4 Å². The molecule has 0 aliphatic carbocycles. The van der Waals surface area contributed by atoms with E-state index in [4.69, 9.17) is 0 Å². The molecule has 1 aromatic carbocycles. The van der Waals surface area contributed by atoms with Crippen molar-refractivity contribution in [3.63, 3.8) is 0 Å². The molecular formula is C13H19NO2. The molecule has 16 heavy (non-hydrogen) atoms. The van der Waals surface area contributed by atoms with Crippen LogP contribution in [0.4, 0.5) is 0 Å². The molecular weight excluding hydrogens is 202 g/mol. The number of nitrogens with zero attached hydrogens (tertiary/aromatic N) is 1. The number of benzene rings is 1. The number of quaternary nitrogens is 1. The van der Waals surface area contributed by atoms with Gasteiger partial charge in [-0.05, 0) is 13.3 Å². The zero-order valence-electron chi connectivity index (χ0n) is 9.67. The summed E-state index contributed by atoms with van der Waals surface area (Å²) < 4.78 is -0.287. The molecule has 3 atom stereocenters. The van der Waals surface area contributed by atoms with E-state index in [0.717, 1.165) is 18.4 Å². The van der Waals surface area contributed by atoms with Crippen LogP contribution >= 0.6 is 0 Å². The number of aliphatic hydroxyl groups excluding tert-OH is 1. The van der Waals surface area contributed by atoms with Crippen molar-refractivity contribution in [3.05, 3.63) is 41.1 Å². The summed E-state index contributed by atoms with van der Waals surface area (Å²) in [5.74, 6) is 0. The maximum absolute atomic E-state index is 12.6. The predicted molar refractivity (Wildman–Crippen MR) is 63.3 cm³/mol. The largest absolute Gasteiger partial charge is 0.632 e. The third-order valence-corrected chi connectivity index (χ3v) is 3.53. The average molecular weight is 221 g/mol. The predicted octanol–water partition coefficient (Wildman–Crippen LogP) is 2.04. The molecule has 1 heterocycles. The fourth-order valence-electron chi connectivity index (χ4n) is 2.41. The van der Waals surface area contributed by atoms with Gasteiger partial charge in [0.2, 0.25) is 0 Å². The molecule has 1 aliphatic rings. The monoisotopic (exact) mass is 221 g/mol. The third kappa shape index (κ3) is 2.43. The van der Waals surface area contributed by atoms with Gasteiger partial charge in [0.25, 0.3) is 0 Å². The molecule has 1 saturated heterocycles. The number of likely N-dealkylation sites (tertiary alicyclic amines) is 1. The summed E-state index contributed by atoms with van der Waals surface area (Å²) in [7, 11) is 0. The standard InChI is InChI=1S/C13H19NO2/c1-11-7-8-13(15)10-14(11,16)9-12-5-3-2-4-6-12/h2-6,11,13,15H,7-10H2,1H3/t11-,13-,14?/m0/s1. The number of hydrogen-bond acceptors (Lipinski definition) is 2. The molecule has 1 aliphatic heterocycles. The van der Waals surface area contributed by atoms with Crippen LogP contribution in [0.15, 0.2) is 30.3 Å². The highest BCUT2D eigenvalue weighted by molar-refractivity contribution is 5.13. The van der Waals surface area contributed by atoms with E-state index in [1.807, 2.05) is 37.3 Å². The molecule has 88 valence electrons. The second-order valence-corrected chi connectivity index (χ2v) is 4.86. The Kier molecular flexibility index (Phi) is 3.28. The van der Waals surface area contributed by atoms with Gasteiger partial charge in [-0.1, -0.05) is 30.3 Å². The van der Waals surface area contributed by atoms with Crippen LogP contribution in [0.3, 0.4) is 0 Å². The van der Waals surface area contributed by atoms with E-state index in [2.05, 4.69) is 0 Å². The second kappa shape index (κ2) is 4.53. The Labute approximate surface area is 96.5 Å². The van der Waals surface area contributed by atoms with Crippen molar-refractivity contribution < 1.29 is 9.75 Å². The Hall–Kier alpha value is -0.900. The maximum atomic E-state index is 12.6. The lowest BCUT2D eigenvalue weighted by Gasteiger charge is -2.51. The molecule has 3 nitrogen and oxygen atoms in total. The molecule has 0 aromatic heterocycles. The second-order valence-electron chi connectivity index (χ2n) is 4.86. The lowest BCUT2D eigenvalue weighted by atomic mass is 9.99. The Morgan fingerprint density at radius 1 is 1.31 bits per heavy atom. The van der Waals surface area contributed by atoms with Crippen molar-refractivity contribution in [2.75, 3.05) is 6.54 Å². The minimum Gasteiger partial charge on any atom is -0.632 e. The number of hydrogen-bond donors (Lipinski definition) is 1. The van der Waals surface area contributed by atoms with Gasteiger partial charge >= 0.3 is 0 Å². The topological polar surface area (TPSA) is 43.3 Å². The van der Waals surface area contributed by atoms with E-state index in [1.54, 1.807) is 0 Å². The van der Waals surface area contributed by atoms with Crippen LogP contribution in [0, 0.1) is 5.21 Å². The van der Waals surface area contributed by atoms with Gasteiger partial charge in [-0.15, -0.1) is 0 Å². The maximum Gasteiger partial charge on any atom is 0.105 e. The number of piperidine rings is 1. The smallest absolute Gasteiger partial charge is 0.105 e. The Morgan fingerprint density at radius 2 is 2.00 bits per heavy atom. The minimum atomic E-state index is -0.433. The summed E-state index contributed by atoms with van der Waals surface area (Å²) >= 11 is 0. The number of hydroxylamine groups is 3. The highest BCUT2D eigenvalue weighted by Gasteiger charge is 2.33. The highest BCUT2D eigenvalue weighted by Crippen LogP contribution is 2.27. The lowest BCUT2D eigenvalue weighted by Crippen LogP contribution is -2.55. The van der Waals surface area contributed by atoms with Crippen LogP contribution in [0.25, 0.3) is 0 Å². The van der Waals surface area contributed by atoms with Crippen molar-refractivity contribution in [1.82, 2.24) is 0 Å². The van der Waals surface area contributed by atoms with E-state index in [-0.39, 0.29) is 10.7 Å². The summed E-state index contributed by atoms with van der Waals surface area (Å²) in [6.45, 7) is 2.79. The van der Waals surface area contributed by atoms with Gasteiger partial charge in [0.05, 0.1) is 6.04 Å². The van der Waals surface area contributed by atoms with Crippen molar-refractivity contribution in [2.45, 2.75) is 38.5 Å².